The second kappa shape index (κ2) is 6.91. The molecule has 0 atom stereocenters. The van der Waals surface area contributed by atoms with Crippen LogP contribution in [0.5, 0.6) is 0 Å². The highest BCUT2D eigenvalue weighted by Crippen LogP contribution is 2.26. The van der Waals surface area contributed by atoms with Crippen molar-refractivity contribution in [2.75, 3.05) is 0 Å². The number of hydrogen-bond donors (Lipinski definition) is 1. The van der Waals surface area contributed by atoms with Crippen LogP contribution in [-0.4, -0.2) is 38.2 Å². The molecular weight excluding hydrogens is 400 g/mol. The summed E-state index contributed by atoms with van der Waals surface area (Å²) in [5.41, 5.74) is 2.26. The van der Waals surface area contributed by atoms with Crippen molar-refractivity contribution >= 4 is 27.0 Å². The van der Waals surface area contributed by atoms with Crippen LogP contribution in [0, 0.1) is 6.92 Å². The van der Waals surface area contributed by atoms with E-state index in [1.807, 2.05) is 24.3 Å². The SMILES string of the molecule is CCc1ccc(-c2nc(CS(=O)(=O)c3nnc4[nH]c(=O)c(C)nn34)cs2)cc1. The van der Waals surface area contributed by atoms with Gasteiger partial charge in [-0.05, 0) is 18.9 Å². The van der Waals surface area contributed by atoms with Gasteiger partial charge in [0, 0.05) is 10.9 Å². The number of H-pyrrole nitrogens is 1. The number of aromatic nitrogens is 6. The summed E-state index contributed by atoms with van der Waals surface area (Å²) >= 11 is 1.38. The van der Waals surface area contributed by atoms with Crippen molar-refractivity contribution in [3.8, 4) is 10.6 Å². The number of aryl methyl sites for hydroxylation is 2. The fourth-order valence-electron chi connectivity index (χ4n) is 2.66. The van der Waals surface area contributed by atoms with Crippen LogP contribution < -0.4 is 5.56 Å². The van der Waals surface area contributed by atoms with Gasteiger partial charge in [-0.2, -0.15) is 9.61 Å². The Kier molecular flexibility index (Phi) is 4.55. The van der Waals surface area contributed by atoms with Crippen molar-refractivity contribution in [2.24, 2.45) is 0 Å². The third kappa shape index (κ3) is 3.34. The van der Waals surface area contributed by atoms with Crippen LogP contribution in [0.2, 0.25) is 0 Å². The zero-order chi connectivity index (χ0) is 19.9. The van der Waals surface area contributed by atoms with E-state index in [0.29, 0.717) is 5.69 Å². The second-order valence-corrected chi connectivity index (χ2v) is 8.95. The highest BCUT2D eigenvalue weighted by atomic mass is 32.2. The Balaban J connectivity index is 1.64. The van der Waals surface area contributed by atoms with Gasteiger partial charge in [-0.15, -0.1) is 21.5 Å². The first kappa shape index (κ1) is 18.4. The molecule has 0 aliphatic rings. The molecule has 1 aromatic carbocycles. The van der Waals surface area contributed by atoms with E-state index < -0.39 is 15.4 Å². The zero-order valence-electron chi connectivity index (χ0n) is 15.1. The quantitative estimate of drug-likeness (QED) is 0.526. The second-order valence-electron chi connectivity index (χ2n) is 6.21. The summed E-state index contributed by atoms with van der Waals surface area (Å²) in [5, 5.41) is 13.5. The van der Waals surface area contributed by atoms with Crippen molar-refractivity contribution < 1.29 is 8.42 Å². The van der Waals surface area contributed by atoms with Crippen LogP contribution in [0.15, 0.2) is 39.6 Å². The lowest BCUT2D eigenvalue weighted by atomic mass is 10.1. The van der Waals surface area contributed by atoms with Gasteiger partial charge in [0.25, 0.3) is 16.5 Å². The van der Waals surface area contributed by atoms with Gasteiger partial charge in [0.15, 0.2) is 0 Å². The summed E-state index contributed by atoms with van der Waals surface area (Å²) in [4.78, 5) is 18.5. The molecule has 28 heavy (non-hydrogen) atoms. The van der Waals surface area contributed by atoms with E-state index in [4.69, 9.17) is 0 Å². The average Bonchev–Trinajstić information content (AvgIpc) is 3.29. The van der Waals surface area contributed by atoms with Gasteiger partial charge in [-0.1, -0.05) is 31.2 Å². The summed E-state index contributed by atoms with van der Waals surface area (Å²) < 4.78 is 26.7. The number of aromatic amines is 1. The first-order chi connectivity index (χ1) is 13.4. The van der Waals surface area contributed by atoms with Crippen molar-refractivity contribution in [1.29, 1.82) is 0 Å². The Morgan fingerprint density at radius 2 is 1.93 bits per heavy atom. The number of thiazole rings is 1. The Morgan fingerprint density at radius 3 is 2.64 bits per heavy atom. The summed E-state index contributed by atoms with van der Waals surface area (Å²) in [5.74, 6) is -0.360. The average molecular weight is 416 g/mol. The lowest BCUT2D eigenvalue weighted by molar-refractivity contribution is 0.578. The van der Waals surface area contributed by atoms with E-state index in [1.165, 1.54) is 23.8 Å². The maximum atomic E-state index is 12.8. The summed E-state index contributed by atoms with van der Waals surface area (Å²) in [6, 6.07) is 8.02. The maximum absolute atomic E-state index is 12.8. The molecule has 0 radical (unpaired) electrons. The molecule has 0 spiro atoms. The molecule has 0 aliphatic carbocycles. The number of benzene rings is 1. The van der Waals surface area contributed by atoms with Crippen molar-refractivity contribution in [2.45, 2.75) is 31.2 Å². The van der Waals surface area contributed by atoms with Crippen LogP contribution in [0.25, 0.3) is 16.3 Å². The van der Waals surface area contributed by atoms with Gasteiger partial charge in [0.2, 0.25) is 9.84 Å². The Labute approximate surface area is 164 Å². The molecule has 0 saturated heterocycles. The van der Waals surface area contributed by atoms with Gasteiger partial charge < -0.3 is 0 Å². The topological polar surface area (TPSA) is 123 Å². The molecule has 0 saturated carbocycles. The highest BCUT2D eigenvalue weighted by Gasteiger charge is 2.25. The van der Waals surface area contributed by atoms with Gasteiger partial charge in [0.1, 0.15) is 16.5 Å². The molecule has 4 rings (SSSR count). The molecule has 3 heterocycles. The van der Waals surface area contributed by atoms with Gasteiger partial charge in [-0.3, -0.25) is 9.78 Å². The molecule has 0 amide bonds. The molecule has 4 aromatic rings. The molecular formula is C17H16N6O3S2. The number of nitrogens with zero attached hydrogens (tertiary/aromatic N) is 5. The fraction of sp³-hybridized carbons (Fsp3) is 0.235. The Bertz CT molecular complexity index is 1320. The number of fused-ring (bicyclic) bond motifs is 1. The van der Waals surface area contributed by atoms with Crippen LogP contribution in [0.4, 0.5) is 0 Å². The van der Waals surface area contributed by atoms with Crippen LogP contribution in [0.1, 0.15) is 23.9 Å². The smallest absolute Gasteiger partial charge is 0.273 e. The minimum atomic E-state index is -3.86. The molecule has 0 unspecified atom stereocenters. The third-order valence-electron chi connectivity index (χ3n) is 4.19. The van der Waals surface area contributed by atoms with Crippen LogP contribution in [-0.2, 0) is 22.0 Å². The number of rotatable bonds is 5. The van der Waals surface area contributed by atoms with Crippen molar-refractivity contribution in [3.63, 3.8) is 0 Å². The largest absolute Gasteiger partial charge is 0.288 e. The lowest BCUT2D eigenvalue weighted by Crippen LogP contribution is -2.18. The first-order valence-electron chi connectivity index (χ1n) is 8.46. The molecule has 1 N–H and O–H groups in total. The predicted octanol–water partition coefficient (Wildman–Crippen LogP) is 1.78. The monoisotopic (exact) mass is 416 g/mol. The molecule has 144 valence electrons. The van der Waals surface area contributed by atoms with Gasteiger partial charge in [-0.25, -0.2) is 13.4 Å². The van der Waals surface area contributed by atoms with E-state index in [0.717, 1.165) is 21.5 Å². The molecule has 0 bridgehead atoms. The predicted molar refractivity (Wildman–Crippen MR) is 104 cm³/mol. The van der Waals surface area contributed by atoms with Crippen LogP contribution >= 0.6 is 11.3 Å². The van der Waals surface area contributed by atoms with Crippen LogP contribution in [0.3, 0.4) is 0 Å². The Hall–Kier alpha value is -2.92. The minimum absolute atomic E-state index is 0.0239. The molecule has 3 aromatic heterocycles. The van der Waals surface area contributed by atoms with E-state index in [1.54, 1.807) is 5.38 Å². The van der Waals surface area contributed by atoms with Crippen molar-refractivity contribution in [3.05, 3.63) is 57.0 Å². The fourth-order valence-corrected chi connectivity index (χ4v) is 4.82. The van der Waals surface area contributed by atoms with E-state index >= 15 is 0 Å². The standard InChI is InChI=1S/C17H16N6O3S2/c1-3-11-4-6-12(7-5-11)15-18-13(8-27-15)9-28(25,26)17-21-20-16-19-14(24)10(2)22-23(16)17/h4-8H,3,9H2,1-2H3,(H,19,20,24). The zero-order valence-corrected chi connectivity index (χ0v) is 16.7. The van der Waals surface area contributed by atoms with Gasteiger partial charge in [0.05, 0.1) is 5.69 Å². The summed E-state index contributed by atoms with van der Waals surface area (Å²) in [6.45, 7) is 3.56. The first-order valence-corrected chi connectivity index (χ1v) is 11.0. The maximum Gasteiger partial charge on any atom is 0.273 e. The third-order valence-corrected chi connectivity index (χ3v) is 6.62. The lowest BCUT2D eigenvalue weighted by Gasteiger charge is -2.01. The molecule has 0 fully saturated rings. The van der Waals surface area contributed by atoms with Crippen molar-refractivity contribution in [1.82, 2.24) is 29.8 Å². The Morgan fingerprint density at radius 1 is 1.18 bits per heavy atom. The minimum Gasteiger partial charge on any atom is -0.288 e. The van der Waals surface area contributed by atoms with Gasteiger partial charge >= 0.3 is 0 Å². The number of nitrogens with one attached hydrogen (secondary N) is 1. The number of hydrogen-bond acceptors (Lipinski definition) is 8. The normalized spacial score (nSPS) is 11.9. The summed E-state index contributed by atoms with van der Waals surface area (Å²) in [6.07, 6.45) is 0.951. The molecule has 11 heteroatoms. The highest BCUT2D eigenvalue weighted by molar-refractivity contribution is 7.90. The summed E-state index contributed by atoms with van der Waals surface area (Å²) in [7, 11) is -3.86. The molecule has 0 aliphatic heterocycles. The van der Waals surface area contributed by atoms with E-state index in [2.05, 4.69) is 32.2 Å². The van der Waals surface area contributed by atoms with E-state index in [-0.39, 0.29) is 22.4 Å². The molecule has 9 nitrogen and oxygen atoms in total. The van der Waals surface area contributed by atoms with E-state index in [9.17, 15) is 13.2 Å². The number of sulfone groups is 1.